The van der Waals surface area contributed by atoms with Gasteiger partial charge in [0.15, 0.2) is 15.8 Å². The highest BCUT2D eigenvalue weighted by molar-refractivity contribution is 7.91. The summed E-state index contributed by atoms with van der Waals surface area (Å²) in [6, 6.07) is 0.810. The molecule has 0 radical (unpaired) electrons. The molecule has 2 fully saturated rings. The summed E-state index contributed by atoms with van der Waals surface area (Å²) in [6.07, 6.45) is 7.05. The lowest BCUT2D eigenvalue weighted by molar-refractivity contribution is 0.298. The van der Waals surface area contributed by atoms with Gasteiger partial charge >= 0.3 is 0 Å². The van der Waals surface area contributed by atoms with Crippen molar-refractivity contribution in [1.29, 1.82) is 0 Å². The van der Waals surface area contributed by atoms with Crippen LogP contribution in [-0.4, -0.2) is 44.5 Å². The summed E-state index contributed by atoms with van der Waals surface area (Å²) in [7, 11) is -2.81. The van der Waals surface area contributed by atoms with Crippen molar-refractivity contribution in [3.8, 4) is 0 Å². The molecule has 1 saturated heterocycles. The number of rotatable bonds is 5. The van der Waals surface area contributed by atoms with Crippen molar-refractivity contribution < 1.29 is 8.42 Å². The topological polar surface area (TPSA) is 70.6 Å². The smallest absolute Gasteiger partial charge is 0.191 e. The van der Waals surface area contributed by atoms with Gasteiger partial charge in [-0.3, -0.25) is 4.99 Å². The number of nitrogens with zero attached hydrogens (tertiary/aromatic N) is 1. The first-order chi connectivity index (χ1) is 10.9. The van der Waals surface area contributed by atoms with Crippen LogP contribution in [0.1, 0.15) is 59.3 Å². The maximum Gasteiger partial charge on any atom is 0.191 e. The average Bonchev–Trinajstić information content (AvgIpc) is 2.84. The predicted molar refractivity (Wildman–Crippen MR) is 96.5 cm³/mol. The molecule has 0 amide bonds. The highest BCUT2D eigenvalue weighted by Crippen LogP contribution is 2.26. The maximum atomic E-state index is 11.6. The molecule has 1 saturated carbocycles. The van der Waals surface area contributed by atoms with Crippen LogP contribution in [0.15, 0.2) is 4.99 Å². The molecule has 0 aromatic carbocycles. The molecule has 5 nitrogen and oxygen atoms in total. The van der Waals surface area contributed by atoms with E-state index in [-0.39, 0.29) is 5.92 Å². The summed E-state index contributed by atoms with van der Waals surface area (Å²) >= 11 is 0. The second-order valence-electron chi connectivity index (χ2n) is 7.54. The minimum atomic E-state index is -2.81. The van der Waals surface area contributed by atoms with Crippen molar-refractivity contribution in [1.82, 2.24) is 10.6 Å². The number of hydrogen-bond acceptors (Lipinski definition) is 3. The van der Waals surface area contributed by atoms with E-state index in [1.54, 1.807) is 0 Å². The highest BCUT2D eigenvalue weighted by atomic mass is 32.2. The first-order valence-electron chi connectivity index (χ1n) is 9.16. The van der Waals surface area contributed by atoms with Crippen molar-refractivity contribution in [3.05, 3.63) is 0 Å². The molecule has 0 spiro atoms. The van der Waals surface area contributed by atoms with Gasteiger partial charge in [0.05, 0.1) is 11.5 Å². The number of nitrogens with one attached hydrogen (secondary N) is 2. The van der Waals surface area contributed by atoms with Crippen LogP contribution in [0.3, 0.4) is 0 Å². The monoisotopic (exact) mass is 343 g/mol. The molecule has 3 atom stereocenters. The van der Waals surface area contributed by atoms with E-state index in [0.717, 1.165) is 18.3 Å². The standard InChI is InChI=1S/C17H33N3O2S/c1-4-14-6-5-7-16(10-14)20-17(19-13(2)3)18-11-15-8-9-23(21,22)12-15/h13-16H,4-12H2,1-3H3,(H2,18,19,20). The third kappa shape index (κ3) is 6.32. The fraction of sp³-hybridized carbons (Fsp3) is 0.941. The quantitative estimate of drug-likeness (QED) is 0.594. The van der Waals surface area contributed by atoms with E-state index in [0.29, 0.717) is 30.1 Å². The third-order valence-electron chi connectivity index (χ3n) is 4.96. The lowest BCUT2D eigenvalue weighted by Gasteiger charge is -2.31. The van der Waals surface area contributed by atoms with Gasteiger partial charge in [0.2, 0.25) is 0 Å². The van der Waals surface area contributed by atoms with Crippen molar-refractivity contribution in [2.75, 3.05) is 18.1 Å². The second-order valence-corrected chi connectivity index (χ2v) is 9.77. The third-order valence-corrected chi connectivity index (χ3v) is 6.80. The van der Waals surface area contributed by atoms with Gasteiger partial charge in [0.1, 0.15) is 0 Å². The Morgan fingerprint density at radius 1 is 1.22 bits per heavy atom. The van der Waals surface area contributed by atoms with E-state index >= 15 is 0 Å². The van der Waals surface area contributed by atoms with Crippen LogP contribution < -0.4 is 10.6 Å². The lowest BCUT2D eigenvalue weighted by atomic mass is 9.84. The van der Waals surface area contributed by atoms with E-state index in [1.165, 1.54) is 32.1 Å². The molecule has 3 unspecified atom stereocenters. The van der Waals surface area contributed by atoms with Gasteiger partial charge < -0.3 is 10.6 Å². The van der Waals surface area contributed by atoms with Gasteiger partial charge in [-0.1, -0.05) is 26.2 Å². The summed E-state index contributed by atoms with van der Waals surface area (Å²) in [5.41, 5.74) is 0. The lowest BCUT2D eigenvalue weighted by Crippen LogP contribution is -2.47. The van der Waals surface area contributed by atoms with Crippen molar-refractivity contribution in [2.24, 2.45) is 16.8 Å². The van der Waals surface area contributed by atoms with Gasteiger partial charge in [-0.25, -0.2) is 8.42 Å². The van der Waals surface area contributed by atoms with Crippen LogP contribution in [0.4, 0.5) is 0 Å². The molecule has 1 heterocycles. The summed E-state index contributed by atoms with van der Waals surface area (Å²) in [5.74, 6) is 2.48. The number of sulfone groups is 1. The van der Waals surface area contributed by atoms with Crippen LogP contribution in [0, 0.1) is 11.8 Å². The second kappa shape index (κ2) is 8.36. The number of hydrogen-bond donors (Lipinski definition) is 2. The van der Waals surface area contributed by atoms with Crippen LogP contribution >= 0.6 is 0 Å². The Morgan fingerprint density at radius 3 is 2.61 bits per heavy atom. The molecule has 134 valence electrons. The van der Waals surface area contributed by atoms with E-state index < -0.39 is 9.84 Å². The average molecular weight is 344 g/mol. The Bertz CT molecular complexity index is 502. The fourth-order valence-electron chi connectivity index (χ4n) is 3.63. The zero-order chi connectivity index (χ0) is 16.9. The van der Waals surface area contributed by atoms with E-state index in [1.807, 2.05) is 0 Å². The maximum absolute atomic E-state index is 11.6. The highest BCUT2D eigenvalue weighted by Gasteiger charge is 2.28. The molecule has 2 aliphatic rings. The summed E-state index contributed by atoms with van der Waals surface area (Å²) < 4.78 is 23.1. The van der Waals surface area contributed by atoms with Crippen LogP contribution in [0.25, 0.3) is 0 Å². The molecular weight excluding hydrogens is 310 g/mol. The zero-order valence-electron chi connectivity index (χ0n) is 14.8. The summed E-state index contributed by atoms with van der Waals surface area (Å²) in [6.45, 7) is 7.08. The van der Waals surface area contributed by atoms with Crippen molar-refractivity contribution >= 4 is 15.8 Å². The Kier molecular flexibility index (Phi) is 6.74. The fourth-order valence-corrected chi connectivity index (χ4v) is 5.48. The van der Waals surface area contributed by atoms with Gasteiger partial charge in [-0.05, 0) is 44.9 Å². The van der Waals surface area contributed by atoms with Gasteiger partial charge in [-0.15, -0.1) is 0 Å². The van der Waals surface area contributed by atoms with Gasteiger partial charge in [-0.2, -0.15) is 0 Å². The number of aliphatic imine (C=N–C) groups is 1. The Balaban J connectivity index is 1.92. The molecule has 0 aromatic heterocycles. The minimum absolute atomic E-state index is 0.181. The van der Waals surface area contributed by atoms with E-state index in [4.69, 9.17) is 0 Å². The van der Waals surface area contributed by atoms with Crippen molar-refractivity contribution in [3.63, 3.8) is 0 Å². The molecule has 1 aliphatic heterocycles. The molecule has 0 aromatic rings. The molecule has 23 heavy (non-hydrogen) atoms. The Morgan fingerprint density at radius 2 is 2.00 bits per heavy atom. The van der Waals surface area contributed by atoms with Crippen LogP contribution in [0.5, 0.6) is 0 Å². The SMILES string of the molecule is CCC1CCCC(NC(=NCC2CCS(=O)(=O)C2)NC(C)C)C1. The first-order valence-corrected chi connectivity index (χ1v) is 11.0. The first kappa shape index (κ1) is 18.6. The van der Waals surface area contributed by atoms with Crippen molar-refractivity contribution in [2.45, 2.75) is 71.4 Å². The van der Waals surface area contributed by atoms with Crippen LogP contribution in [-0.2, 0) is 9.84 Å². The molecule has 1 aliphatic carbocycles. The molecule has 0 bridgehead atoms. The summed E-state index contributed by atoms with van der Waals surface area (Å²) in [5, 5.41) is 6.98. The van der Waals surface area contributed by atoms with Gasteiger partial charge in [0.25, 0.3) is 0 Å². The van der Waals surface area contributed by atoms with Gasteiger partial charge in [0, 0.05) is 18.6 Å². The molecule has 2 N–H and O–H groups in total. The largest absolute Gasteiger partial charge is 0.354 e. The predicted octanol–water partition coefficient (Wildman–Crippen LogP) is 2.33. The number of guanidine groups is 1. The molecular formula is C17H33N3O2S. The van der Waals surface area contributed by atoms with E-state index in [2.05, 4.69) is 36.4 Å². The minimum Gasteiger partial charge on any atom is -0.354 e. The zero-order valence-corrected chi connectivity index (χ0v) is 15.7. The Hall–Kier alpha value is -0.780. The normalized spacial score (nSPS) is 31.3. The molecule has 2 rings (SSSR count). The molecule has 6 heteroatoms. The summed E-state index contributed by atoms with van der Waals surface area (Å²) in [4.78, 5) is 4.69. The Labute approximate surface area is 141 Å². The van der Waals surface area contributed by atoms with E-state index in [9.17, 15) is 8.42 Å². The van der Waals surface area contributed by atoms with Crippen LogP contribution in [0.2, 0.25) is 0 Å².